The maximum atomic E-state index is 10.5. The Labute approximate surface area is 106 Å². The SMILES string of the molecule is CC(=O)Oc1ccc(S(=O)[O-])cc1.[Na+]. The summed E-state index contributed by atoms with van der Waals surface area (Å²) in [7, 11) is 0. The first kappa shape index (κ1) is 13.8. The number of rotatable bonds is 2. The third kappa shape index (κ3) is 4.34. The molecule has 70 valence electrons. The van der Waals surface area contributed by atoms with Gasteiger partial charge in [-0.05, 0) is 35.3 Å². The van der Waals surface area contributed by atoms with Crippen molar-refractivity contribution in [1.82, 2.24) is 0 Å². The average molecular weight is 222 g/mol. The first-order chi connectivity index (χ1) is 6.09. The van der Waals surface area contributed by atoms with E-state index in [4.69, 9.17) is 4.74 Å². The van der Waals surface area contributed by atoms with Gasteiger partial charge in [0.2, 0.25) is 0 Å². The van der Waals surface area contributed by atoms with Crippen LogP contribution in [0.3, 0.4) is 0 Å². The molecule has 4 nitrogen and oxygen atoms in total. The molecule has 1 rings (SSSR count). The third-order valence-corrected chi connectivity index (χ3v) is 1.93. The van der Waals surface area contributed by atoms with Gasteiger partial charge in [0.15, 0.2) is 0 Å². The predicted octanol–water partition coefficient (Wildman–Crippen LogP) is -2.15. The van der Waals surface area contributed by atoms with Crippen LogP contribution in [0.2, 0.25) is 0 Å². The zero-order chi connectivity index (χ0) is 9.84. The first-order valence-corrected chi connectivity index (χ1v) is 4.55. The summed E-state index contributed by atoms with van der Waals surface area (Å²) in [5.41, 5.74) is 0. The van der Waals surface area contributed by atoms with Gasteiger partial charge in [-0.15, -0.1) is 0 Å². The predicted molar refractivity (Wildman–Crippen MR) is 44.9 cm³/mol. The summed E-state index contributed by atoms with van der Waals surface area (Å²) in [6.07, 6.45) is 0. The summed E-state index contributed by atoms with van der Waals surface area (Å²) in [5.74, 6) is -0.0994. The summed E-state index contributed by atoms with van der Waals surface area (Å²) in [6.45, 7) is 1.28. The van der Waals surface area contributed by atoms with Gasteiger partial charge in [-0.25, -0.2) is 0 Å². The number of hydrogen-bond donors (Lipinski definition) is 0. The van der Waals surface area contributed by atoms with Crippen molar-refractivity contribution < 1.29 is 47.9 Å². The van der Waals surface area contributed by atoms with Crippen molar-refractivity contribution in [2.75, 3.05) is 0 Å². The van der Waals surface area contributed by atoms with Crippen LogP contribution < -0.4 is 34.3 Å². The number of hydrogen-bond acceptors (Lipinski definition) is 4. The monoisotopic (exact) mass is 222 g/mol. The molecule has 0 amide bonds. The molecule has 0 spiro atoms. The summed E-state index contributed by atoms with van der Waals surface area (Å²) in [6, 6.07) is 5.57. The molecule has 1 aromatic carbocycles. The quantitative estimate of drug-likeness (QED) is 0.248. The van der Waals surface area contributed by atoms with Crippen LogP contribution in [0.1, 0.15) is 6.92 Å². The van der Waals surface area contributed by atoms with E-state index >= 15 is 0 Å². The van der Waals surface area contributed by atoms with Crippen LogP contribution in [-0.2, 0) is 15.9 Å². The van der Waals surface area contributed by atoms with E-state index in [1.54, 1.807) is 0 Å². The molecule has 6 heteroatoms. The fourth-order valence-corrected chi connectivity index (χ4v) is 1.14. The second-order valence-electron chi connectivity index (χ2n) is 2.30. The Balaban J connectivity index is 0.00000169. The third-order valence-electron chi connectivity index (χ3n) is 1.28. The Hall–Kier alpha value is -0.200. The molecule has 0 aliphatic heterocycles. The smallest absolute Gasteiger partial charge is 0.768 e. The van der Waals surface area contributed by atoms with Gasteiger partial charge < -0.3 is 9.29 Å². The Morgan fingerprint density at radius 2 is 1.86 bits per heavy atom. The second kappa shape index (κ2) is 6.31. The van der Waals surface area contributed by atoms with Gasteiger partial charge in [0, 0.05) is 11.8 Å². The van der Waals surface area contributed by atoms with Crippen molar-refractivity contribution in [2.45, 2.75) is 11.8 Å². The number of carbonyl (C=O) groups is 1. The molecule has 1 aromatic rings. The van der Waals surface area contributed by atoms with Crippen molar-refractivity contribution in [2.24, 2.45) is 0 Å². The van der Waals surface area contributed by atoms with Gasteiger partial charge in [0.05, 0.1) is 0 Å². The van der Waals surface area contributed by atoms with Gasteiger partial charge in [-0.3, -0.25) is 9.00 Å². The topological polar surface area (TPSA) is 66.4 Å². The maximum absolute atomic E-state index is 10.5. The molecule has 0 fully saturated rings. The van der Waals surface area contributed by atoms with Crippen molar-refractivity contribution in [3.63, 3.8) is 0 Å². The molecule has 14 heavy (non-hydrogen) atoms. The molecular formula is C8H7NaO4S. The summed E-state index contributed by atoms with van der Waals surface area (Å²) in [5, 5.41) is 0. The Morgan fingerprint density at radius 1 is 1.36 bits per heavy atom. The Morgan fingerprint density at radius 3 is 2.21 bits per heavy atom. The van der Waals surface area contributed by atoms with E-state index in [9.17, 15) is 13.6 Å². The Bertz CT molecular complexity index is 336. The number of esters is 1. The summed E-state index contributed by atoms with van der Waals surface area (Å²) >= 11 is -2.24. The van der Waals surface area contributed by atoms with Crippen LogP contribution in [-0.4, -0.2) is 14.7 Å². The fraction of sp³-hybridized carbons (Fsp3) is 0.125. The molecule has 0 saturated heterocycles. The van der Waals surface area contributed by atoms with E-state index in [-0.39, 0.29) is 34.5 Å². The first-order valence-electron chi connectivity index (χ1n) is 3.47. The standard InChI is InChI=1S/C8H8O4S.Na/c1-6(9)12-7-2-4-8(5-3-7)13(10)11;/h2-5H,1H3,(H,10,11);/q;+1/p-1. The van der Waals surface area contributed by atoms with Crippen molar-refractivity contribution in [1.29, 1.82) is 0 Å². The van der Waals surface area contributed by atoms with Crippen molar-refractivity contribution >= 4 is 17.0 Å². The zero-order valence-corrected chi connectivity index (χ0v) is 10.7. The van der Waals surface area contributed by atoms with Crippen LogP contribution >= 0.6 is 0 Å². The van der Waals surface area contributed by atoms with E-state index in [1.165, 1.54) is 31.2 Å². The van der Waals surface area contributed by atoms with Crippen molar-refractivity contribution in [3.8, 4) is 5.75 Å². The minimum atomic E-state index is -2.24. The fourth-order valence-electron chi connectivity index (χ4n) is 0.785. The molecule has 1 unspecified atom stereocenters. The molecule has 0 aliphatic carbocycles. The Kier molecular flexibility index (Phi) is 6.22. The molecular weight excluding hydrogens is 215 g/mol. The molecule has 0 radical (unpaired) electrons. The van der Waals surface area contributed by atoms with Gasteiger partial charge >= 0.3 is 35.5 Å². The molecule has 0 heterocycles. The number of ether oxygens (including phenoxy) is 1. The minimum absolute atomic E-state index is 0. The average Bonchev–Trinajstić information content (AvgIpc) is 2.04. The maximum Gasteiger partial charge on any atom is 1.00 e. The normalized spacial score (nSPS) is 11.3. The van der Waals surface area contributed by atoms with Gasteiger partial charge in [0.1, 0.15) is 5.75 Å². The van der Waals surface area contributed by atoms with E-state index in [1.807, 2.05) is 0 Å². The molecule has 0 bridgehead atoms. The van der Waals surface area contributed by atoms with Crippen LogP contribution in [0.4, 0.5) is 0 Å². The van der Waals surface area contributed by atoms with Gasteiger partial charge in [-0.2, -0.15) is 0 Å². The summed E-state index contributed by atoms with van der Waals surface area (Å²) < 4.78 is 25.6. The molecule has 1 atom stereocenters. The molecule has 0 aliphatic rings. The second-order valence-corrected chi connectivity index (χ2v) is 3.24. The summed E-state index contributed by atoms with van der Waals surface area (Å²) in [4.78, 5) is 10.7. The molecule has 0 aromatic heterocycles. The van der Waals surface area contributed by atoms with Crippen LogP contribution in [0.25, 0.3) is 0 Å². The van der Waals surface area contributed by atoms with Crippen LogP contribution in [0.5, 0.6) is 5.75 Å². The molecule has 0 N–H and O–H groups in total. The number of carbonyl (C=O) groups excluding carboxylic acids is 1. The van der Waals surface area contributed by atoms with Gasteiger partial charge in [0.25, 0.3) is 0 Å². The van der Waals surface area contributed by atoms with Gasteiger partial charge in [-0.1, -0.05) is 0 Å². The zero-order valence-electron chi connectivity index (χ0n) is 7.85. The van der Waals surface area contributed by atoms with Crippen molar-refractivity contribution in [3.05, 3.63) is 24.3 Å². The molecule has 0 saturated carbocycles. The van der Waals surface area contributed by atoms with Crippen LogP contribution in [0, 0.1) is 0 Å². The number of benzene rings is 1. The van der Waals surface area contributed by atoms with E-state index < -0.39 is 17.0 Å². The van der Waals surface area contributed by atoms with E-state index in [0.717, 1.165) is 0 Å². The van der Waals surface area contributed by atoms with E-state index in [2.05, 4.69) is 0 Å². The van der Waals surface area contributed by atoms with E-state index in [0.29, 0.717) is 5.75 Å². The van der Waals surface area contributed by atoms with Crippen LogP contribution in [0.15, 0.2) is 29.2 Å². The largest absolute Gasteiger partial charge is 1.00 e. The minimum Gasteiger partial charge on any atom is -0.768 e.